The molecule has 1 aliphatic rings. The lowest BCUT2D eigenvalue weighted by molar-refractivity contribution is 0.0771. The first-order valence-electron chi connectivity index (χ1n) is 8.28. The maximum Gasteiger partial charge on any atom is 0.253 e. The molecule has 0 bridgehead atoms. The Labute approximate surface area is 142 Å². The minimum Gasteiger partial charge on any atom is -0.471 e. The van der Waals surface area contributed by atoms with Crippen molar-refractivity contribution in [2.75, 3.05) is 13.1 Å². The number of likely N-dealkylation sites (tertiary alicyclic amines) is 1. The monoisotopic (exact) mass is 325 g/mol. The molecular formula is C19H23N3O2. The molecule has 0 spiro atoms. The summed E-state index contributed by atoms with van der Waals surface area (Å²) in [6, 6.07) is 11.5. The van der Waals surface area contributed by atoms with Crippen LogP contribution >= 0.6 is 0 Å². The van der Waals surface area contributed by atoms with Gasteiger partial charge in [0, 0.05) is 30.8 Å². The lowest BCUT2D eigenvalue weighted by atomic mass is 9.86. The van der Waals surface area contributed by atoms with Crippen molar-refractivity contribution < 1.29 is 9.53 Å². The SMILES string of the molecule is CC(C)(C)c1ccc(C(=O)N2CCC(Oc3cccnn3)C2)cc1. The number of ether oxygens (including phenoxy) is 1. The molecule has 5 nitrogen and oxygen atoms in total. The van der Waals surface area contributed by atoms with E-state index in [1.54, 1.807) is 18.3 Å². The highest BCUT2D eigenvalue weighted by molar-refractivity contribution is 5.94. The van der Waals surface area contributed by atoms with E-state index in [4.69, 9.17) is 4.74 Å². The summed E-state index contributed by atoms with van der Waals surface area (Å²) >= 11 is 0. The molecule has 1 aliphatic heterocycles. The van der Waals surface area contributed by atoms with Crippen molar-refractivity contribution in [1.29, 1.82) is 0 Å². The zero-order valence-corrected chi connectivity index (χ0v) is 14.4. The molecule has 0 saturated carbocycles. The zero-order chi connectivity index (χ0) is 17.2. The fourth-order valence-corrected chi connectivity index (χ4v) is 2.83. The molecular weight excluding hydrogens is 302 g/mol. The van der Waals surface area contributed by atoms with Gasteiger partial charge >= 0.3 is 0 Å². The average Bonchev–Trinajstić information content (AvgIpc) is 3.03. The Morgan fingerprint density at radius 2 is 1.96 bits per heavy atom. The molecule has 0 radical (unpaired) electrons. The fourth-order valence-electron chi connectivity index (χ4n) is 2.83. The van der Waals surface area contributed by atoms with Crippen LogP contribution in [0.4, 0.5) is 0 Å². The molecule has 1 fully saturated rings. The van der Waals surface area contributed by atoms with Gasteiger partial charge in [0.1, 0.15) is 6.10 Å². The number of nitrogens with zero attached hydrogens (tertiary/aromatic N) is 3. The van der Waals surface area contributed by atoms with Crippen LogP contribution < -0.4 is 4.74 Å². The molecule has 1 amide bonds. The van der Waals surface area contributed by atoms with Gasteiger partial charge in [-0.05, 0) is 29.2 Å². The van der Waals surface area contributed by atoms with Gasteiger partial charge in [0.2, 0.25) is 5.88 Å². The van der Waals surface area contributed by atoms with Gasteiger partial charge in [0.05, 0.1) is 6.54 Å². The van der Waals surface area contributed by atoms with Crippen LogP contribution in [0, 0.1) is 0 Å². The molecule has 0 aliphatic carbocycles. The van der Waals surface area contributed by atoms with Gasteiger partial charge in [-0.3, -0.25) is 4.79 Å². The van der Waals surface area contributed by atoms with Crippen LogP contribution in [0.15, 0.2) is 42.6 Å². The summed E-state index contributed by atoms with van der Waals surface area (Å²) in [5.41, 5.74) is 2.04. The van der Waals surface area contributed by atoms with Crippen molar-refractivity contribution in [3.05, 3.63) is 53.7 Å². The van der Waals surface area contributed by atoms with Gasteiger partial charge in [-0.1, -0.05) is 32.9 Å². The van der Waals surface area contributed by atoms with Crippen molar-refractivity contribution in [2.24, 2.45) is 0 Å². The maximum atomic E-state index is 12.6. The summed E-state index contributed by atoms with van der Waals surface area (Å²) in [6.07, 6.45) is 2.39. The van der Waals surface area contributed by atoms with Crippen molar-refractivity contribution in [3.8, 4) is 5.88 Å². The summed E-state index contributed by atoms with van der Waals surface area (Å²) in [5, 5.41) is 7.73. The third-order valence-corrected chi connectivity index (χ3v) is 4.27. The van der Waals surface area contributed by atoms with E-state index in [1.807, 2.05) is 29.2 Å². The van der Waals surface area contributed by atoms with Crippen LogP contribution in [-0.4, -0.2) is 40.2 Å². The molecule has 2 aromatic rings. The number of carbonyl (C=O) groups excluding carboxylic acids is 1. The molecule has 2 heterocycles. The van der Waals surface area contributed by atoms with E-state index in [2.05, 4.69) is 31.0 Å². The highest BCUT2D eigenvalue weighted by atomic mass is 16.5. The lowest BCUT2D eigenvalue weighted by Crippen LogP contribution is -2.31. The smallest absolute Gasteiger partial charge is 0.253 e. The molecule has 5 heteroatoms. The van der Waals surface area contributed by atoms with Gasteiger partial charge in [0.25, 0.3) is 5.91 Å². The number of hydrogen-bond donors (Lipinski definition) is 0. The van der Waals surface area contributed by atoms with E-state index < -0.39 is 0 Å². The molecule has 3 rings (SSSR count). The normalized spacial score (nSPS) is 17.8. The van der Waals surface area contributed by atoms with Crippen LogP contribution in [0.5, 0.6) is 5.88 Å². The van der Waals surface area contributed by atoms with Crippen molar-refractivity contribution in [1.82, 2.24) is 15.1 Å². The number of carbonyl (C=O) groups is 1. The number of benzene rings is 1. The maximum absolute atomic E-state index is 12.6. The highest BCUT2D eigenvalue weighted by Gasteiger charge is 2.28. The molecule has 24 heavy (non-hydrogen) atoms. The Bertz CT molecular complexity index is 693. The van der Waals surface area contributed by atoms with Gasteiger partial charge in [0.15, 0.2) is 0 Å². The second-order valence-corrected chi connectivity index (χ2v) is 7.17. The van der Waals surface area contributed by atoms with E-state index in [0.717, 1.165) is 12.0 Å². The van der Waals surface area contributed by atoms with E-state index in [9.17, 15) is 4.79 Å². The lowest BCUT2D eigenvalue weighted by Gasteiger charge is -2.20. The molecule has 1 saturated heterocycles. The summed E-state index contributed by atoms with van der Waals surface area (Å²) in [5.74, 6) is 0.562. The Balaban J connectivity index is 1.62. The summed E-state index contributed by atoms with van der Waals surface area (Å²) < 4.78 is 5.79. The minimum absolute atomic E-state index is 0.0282. The third kappa shape index (κ3) is 3.72. The molecule has 1 aromatic heterocycles. The van der Waals surface area contributed by atoms with Crippen LogP contribution in [0.1, 0.15) is 43.1 Å². The first-order valence-corrected chi connectivity index (χ1v) is 8.28. The number of aromatic nitrogens is 2. The summed E-state index contributed by atoms with van der Waals surface area (Å²) in [7, 11) is 0. The Morgan fingerprint density at radius 1 is 1.21 bits per heavy atom. The van der Waals surface area contributed by atoms with Gasteiger partial charge in [-0.2, -0.15) is 5.10 Å². The van der Waals surface area contributed by atoms with Crippen molar-refractivity contribution >= 4 is 5.91 Å². The molecule has 1 unspecified atom stereocenters. The van der Waals surface area contributed by atoms with Gasteiger partial charge in [-0.15, -0.1) is 5.10 Å². The predicted octanol–water partition coefficient (Wildman–Crippen LogP) is 3.07. The molecule has 0 N–H and O–H groups in total. The van der Waals surface area contributed by atoms with Crippen molar-refractivity contribution in [2.45, 2.75) is 38.7 Å². The van der Waals surface area contributed by atoms with E-state index in [-0.39, 0.29) is 17.4 Å². The van der Waals surface area contributed by atoms with E-state index >= 15 is 0 Å². The Hall–Kier alpha value is -2.43. The van der Waals surface area contributed by atoms with Crippen LogP contribution in [0.3, 0.4) is 0 Å². The molecule has 1 atom stereocenters. The minimum atomic E-state index is -0.0282. The summed E-state index contributed by atoms with van der Waals surface area (Å²) in [6.45, 7) is 7.78. The zero-order valence-electron chi connectivity index (χ0n) is 14.4. The topological polar surface area (TPSA) is 55.3 Å². The predicted molar refractivity (Wildman–Crippen MR) is 92.1 cm³/mol. The van der Waals surface area contributed by atoms with Crippen LogP contribution in [-0.2, 0) is 5.41 Å². The second kappa shape index (κ2) is 6.59. The molecule has 126 valence electrons. The standard InChI is InChI=1S/C19H23N3O2/c1-19(2,3)15-8-6-14(7-9-15)18(23)22-12-10-16(13-22)24-17-5-4-11-20-21-17/h4-9,11,16H,10,12-13H2,1-3H3. The largest absolute Gasteiger partial charge is 0.471 e. The second-order valence-electron chi connectivity index (χ2n) is 7.17. The first kappa shape index (κ1) is 16.4. The average molecular weight is 325 g/mol. The Kier molecular flexibility index (Phi) is 4.51. The quantitative estimate of drug-likeness (QED) is 0.870. The third-order valence-electron chi connectivity index (χ3n) is 4.27. The number of hydrogen-bond acceptors (Lipinski definition) is 4. The fraction of sp³-hybridized carbons (Fsp3) is 0.421. The first-order chi connectivity index (χ1) is 11.4. The van der Waals surface area contributed by atoms with Gasteiger partial charge < -0.3 is 9.64 Å². The van der Waals surface area contributed by atoms with Crippen molar-refractivity contribution in [3.63, 3.8) is 0 Å². The van der Waals surface area contributed by atoms with Crippen LogP contribution in [0.2, 0.25) is 0 Å². The summed E-state index contributed by atoms with van der Waals surface area (Å²) in [4.78, 5) is 14.5. The van der Waals surface area contributed by atoms with Gasteiger partial charge in [-0.25, -0.2) is 0 Å². The number of rotatable bonds is 3. The van der Waals surface area contributed by atoms with Crippen LogP contribution in [0.25, 0.3) is 0 Å². The highest BCUT2D eigenvalue weighted by Crippen LogP contribution is 2.23. The van der Waals surface area contributed by atoms with E-state index in [0.29, 0.717) is 19.0 Å². The number of amides is 1. The Morgan fingerprint density at radius 3 is 2.58 bits per heavy atom. The molecule has 1 aromatic carbocycles. The van der Waals surface area contributed by atoms with E-state index in [1.165, 1.54) is 5.56 Å².